The molecule has 0 aliphatic carbocycles. The van der Waals surface area contributed by atoms with Crippen molar-refractivity contribution in [3.05, 3.63) is 53.3 Å². The number of nitriles is 1. The molecule has 4 rings (SSSR count). The molecular formula is C32H40F2N4O3. The van der Waals surface area contributed by atoms with E-state index in [9.17, 15) is 19.2 Å². The molecule has 2 fully saturated rings. The van der Waals surface area contributed by atoms with Crippen LogP contribution in [0.15, 0.2) is 36.4 Å². The van der Waals surface area contributed by atoms with Crippen LogP contribution in [0.3, 0.4) is 0 Å². The van der Waals surface area contributed by atoms with Crippen molar-refractivity contribution >= 4 is 11.8 Å². The number of ether oxygens (including phenoxy) is 1. The molecule has 0 bridgehead atoms. The van der Waals surface area contributed by atoms with E-state index in [1.165, 1.54) is 23.1 Å². The SMILES string of the molecule is CCC(F)(CC)CN1CCC(COc2ccc(-c3ccc(C(=O)N4CCCC[C@@H]4C(N)=O)cc3F)cc2C#N)CC1. The number of primary amides is 1. The summed E-state index contributed by atoms with van der Waals surface area (Å²) in [7, 11) is 0. The first-order valence-electron chi connectivity index (χ1n) is 14.7. The van der Waals surface area contributed by atoms with Crippen molar-refractivity contribution in [2.45, 2.75) is 70.5 Å². The van der Waals surface area contributed by atoms with Crippen LogP contribution < -0.4 is 10.5 Å². The zero-order valence-corrected chi connectivity index (χ0v) is 24.0. The van der Waals surface area contributed by atoms with Gasteiger partial charge in [-0.25, -0.2) is 8.78 Å². The Kier molecular flexibility index (Phi) is 9.98. The number of piperidine rings is 2. The van der Waals surface area contributed by atoms with E-state index >= 15 is 4.39 Å². The Hall–Kier alpha value is -3.51. The normalized spacial score (nSPS) is 18.6. The lowest BCUT2D eigenvalue weighted by molar-refractivity contribution is -0.123. The highest BCUT2D eigenvalue weighted by molar-refractivity contribution is 5.98. The van der Waals surface area contributed by atoms with Gasteiger partial charge in [-0.05, 0) is 93.8 Å². The first kappa shape index (κ1) is 30.4. The Labute approximate surface area is 241 Å². The lowest BCUT2D eigenvalue weighted by Crippen LogP contribution is -2.50. The predicted octanol–water partition coefficient (Wildman–Crippen LogP) is 5.46. The van der Waals surface area contributed by atoms with E-state index in [-0.39, 0.29) is 11.1 Å². The topological polar surface area (TPSA) is 99.7 Å². The van der Waals surface area contributed by atoms with Gasteiger partial charge < -0.3 is 20.3 Å². The number of rotatable bonds is 10. The highest BCUT2D eigenvalue weighted by atomic mass is 19.1. The zero-order chi connectivity index (χ0) is 29.6. The Balaban J connectivity index is 1.39. The minimum atomic E-state index is -1.14. The molecule has 2 saturated heterocycles. The van der Waals surface area contributed by atoms with Crippen molar-refractivity contribution in [3.8, 4) is 22.9 Å². The number of hydrogen-bond donors (Lipinski definition) is 1. The molecule has 0 spiro atoms. The molecule has 41 heavy (non-hydrogen) atoms. The fourth-order valence-corrected chi connectivity index (χ4v) is 5.82. The standard InChI is InChI=1S/C32H40F2N4O3/c1-3-32(34,4-2)21-37-15-12-22(13-16-37)20-41-29-11-9-23(17-25(29)19-35)26-10-8-24(18-27(26)33)31(40)38-14-6-5-7-28(38)30(36)39/h8-11,17-18,22,28H,3-7,12-16,20-21H2,1-2H3,(H2,36,39)/t28-/m1/s1. The third kappa shape index (κ3) is 7.23. The largest absolute Gasteiger partial charge is 0.492 e. The van der Waals surface area contributed by atoms with Gasteiger partial charge in [-0.1, -0.05) is 26.0 Å². The van der Waals surface area contributed by atoms with Gasteiger partial charge in [0, 0.05) is 24.2 Å². The predicted molar refractivity (Wildman–Crippen MR) is 154 cm³/mol. The first-order chi connectivity index (χ1) is 19.7. The molecular weight excluding hydrogens is 526 g/mol. The van der Waals surface area contributed by atoms with Crippen LogP contribution in [0.4, 0.5) is 8.78 Å². The summed E-state index contributed by atoms with van der Waals surface area (Å²) in [4.78, 5) is 28.5. The second kappa shape index (κ2) is 13.4. The maximum absolute atomic E-state index is 15.2. The summed E-state index contributed by atoms with van der Waals surface area (Å²) in [5.41, 5.74) is 5.54. The van der Waals surface area contributed by atoms with Crippen LogP contribution in [0.5, 0.6) is 5.75 Å². The molecule has 9 heteroatoms. The molecule has 2 N–H and O–H groups in total. The van der Waals surface area contributed by atoms with Gasteiger partial charge in [0.15, 0.2) is 0 Å². The first-order valence-corrected chi connectivity index (χ1v) is 14.7. The van der Waals surface area contributed by atoms with E-state index in [0.29, 0.717) is 61.8 Å². The van der Waals surface area contributed by atoms with Crippen molar-refractivity contribution in [2.24, 2.45) is 11.7 Å². The van der Waals surface area contributed by atoms with Gasteiger partial charge in [-0.2, -0.15) is 5.26 Å². The number of halogens is 2. The summed E-state index contributed by atoms with van der Waals surface area (Å²) in [5, 5.41) is 9.76. The molecule has 0 saturated carbocycles. The molecule has 0 aromatic heterocycles. The molecule has 0 radical (unpaired) electrons. The van der Waals surface area contributed by atoms with Gasteiger partial charge in [0.2, 0.25) is 5.91 Å². The highest BCUT2D eigenvalue weighted by Gasteiger charge is 2.32. The van der Waals surface area contributed by atoms with Crippen LogP contribution >= 0.6 is 0 Å². The number of benzene rings is 2. The van der Waals surface area contributed by atoms with E-state index in [1.807, 2.05) is 13.8 Å². The molecule has 2 amide bonds. The van der Waals surface area contributed by atoms with Crippen LogP contribution in [0, 0.1) is 23.1 Å². The third-order valence-electron chi connectivity index (χ3n) is 8.68. The van der Waals surface area contributed by atoms with Crippen LogP contribution in [0.1, 0.15) is 74.7 Å². The lowest BCUT2D eigenvalue weighted by atomic mass is 9.94. The Morgan fingerprint density at radius 3 is 2.44 bits per heavy atom. The summed E-state index contributed by atoms with van der Waals surface area (Å²) in [6.07, 6.45) is 4.91. The quantitative estimate of drug-likeness (QED) is 0.412. The molecule has 2 aromatic rings. The molecule has 2 aliphatic heterocycles. The van der Waals surface area contributed by atoms with Crippen molar-refractivity contribution in [2.75, 3.05) is 32.8 Å². The van der Waals surface area contributed by atoms with Crippen LogP contribution in [-0.4, -0.2) is 66.1 Å². The van der Waals surface area contributed by atoms with Gasteiger partial charge in [0.25, 0.3) is 5.91 Å². The van der Waals surface area contributed by atoms with Gasteiger partial charge in [0.05, 0.1) is 12.2 Å². The number of nitrogens with zero attached hydrogens (tertiary/aromatic N) is 3. The zero-order valence-electron chi connectivity index (χ0n) is 24.0. The van der Waals surface area contributed by atoms with Gasteiger partial charge in [0.1, 0.15) is 29.3 Å². The summed E-state index contributed by atoms with van der Waals surface area (Å²) in [6, 6.07) is 10.6. The van der Waals surface area contributed by atoms with Crippen molar-refractivity contribution in [1.82, 2.24) is 9.80 Å². The second-order valence-corrected chi connectivity index (χ2v) is 11.3. The van der Waals surface area contributed by atoms with Crippen LogP contribution in [-0.2, 0) is 4.79 Å². The minimum Gasteiger partial charge on any atom is -0.492 e. The monoisotopic (exact) mass is 566 g/mol. The minimum absolute atomic E-state index is 0.146. The Morgan fingerprint density at radius 1 is 1.07 bits per heavy atom. The number of carbonyl (C=O) groups is 2. The van der Waals surface area contributed by atoms with E-state index in [1.54, 1.807) is 18.2 Å². The number of carbonyl (C=O) groups excluding carboxylic acids is 2. The summed E-state index contributed by atoms with van der Waals surface area (Å²) in [5.74, 6) is -0.833. The maximum Gasteiger partial charge on any atom is 0.254 e. The molecule has 1 atom stereocenters. The van der Waals surface area contributed by atoms with Crippen LogP contribution in [0.25, 0.3) is 11.1 Å². The van der Waals surface area contributed by atoms with E-state index < -0.39 is 29.3 Å². The Bertz CT molecular complexity index is 1280. The van der Waals surface area contributed by atoms with Crippen molar-refractivity contribution in [3.63, 3.8) is 0 Å². The second-order valence-electron chi connectivity index (χ2n) is 11.3. The number of nitrogens with two attached hydrogens (primary N) is 1. The summed E-state index contributed by atoms with van der Waals surface area (Å²) >= 11 is 0. The molecule has 2 aromatic carbocycles. The van der Waals surface area contributed by atoms with E-state index in [2.05, 4.69) is 11.0 Å². The molecule has 7 nitrogen and oxygen atoms in total. The molecule has 2 heterocycles. The number of likely N-dealkylation sites (tertiary alicyclic amines) is 2. The fraction of sp³-hybridized carbons (Fsp3) is 0.531. The van der Waals surface area contributed by atoms with E-state index in [4.69, 9.17) is 10.5 Å². The molecule has 2 aliphatic rings. The van der Waals surface area contributed by atoms with Gasteiger partial charge in [-0.15, -0.1) is 0 Å². The number of alkyl halides is 1. The maximum atomic E-state index is 15.2. The lowest BCUT2D eigenvalue weighted by Gasteiger charge is -2.36. The number of hydrogen-bond acceptors (Lipinski definition) is 5. The van der Waals surface area contributed by atoms with Crippen molar-refractivity contribution in [1.29, 1.82) is 5.26 Å². The third-order valence-corrected chi connectivity index (χ3v) is 8.68. The molecule has 220 valence electrons. The van der Waals surface area contributed by atoms with Gasteiger partial charge >= 0.3 is 0 Å². The fourth-order valence-electron chi connectivity index (χ4n) is 5.82. The summed E-state index contributed by atoms with van der Waals surface area (Å²) < 4.78 is 36.0. The van der Waals surface area contributed by atoms with Gasteiger partial charge in [-0.3, -0.25) is 9.59 Å². The van der Waals surface area contributed by atoms with E-state index in [0.717, 1.165) is 38.8 Å². The smallest absolute Gasteiger partial charge is 0.254 e. The number of amides is 2. The van der Waals surface area contributed by atoms with Crippen LogP contribution in [0.2, 0.25) is 0 Å². The average molecular weight is 567 g/mol. The Morgan fingerprint density at radius 2 is 1.80 bits per heavy atom. The summed E-state index contributed by atoms with van der Waals surface area (Å²) in [6.45, 7) is 6.75. The van der Waals surface area contributed by atoms with Crippen molar-refractivity contribution < 1.29 is 23.1 Å². The highest BCUT2D eigenvalue weighted by Crippen LogP contribution is 2.31. The average Bonchev–Trinajstić information content (AvgIpc) is 3.00. The molecule has 0 unspecified atom stereocenters.